The standard InChI is InChI=1S/C15H12O5S/c1-20-12-5-3-9(8-11(12)17)2-4-10(16)13-6-7-14(21-13)15(18)19/h2-8,17H,1H3,(H,18,19)/b4-2+. The molecule has 0 aliphatic heterocycles. The zero-order chi connectivity index (χ0) is 15.4. The summed E-state index contributed by atoms with van der Waals surface area (Å²) in [6.45, 7) is 0. The number of carbonyl (C=O) groups excluding carboxylic acids is 1. The average molecular weight is 304 g/mol. The van der Waals surface area contributed by atoms with Gasteiger partial charge < -0.3 is 14.9 Å². The number of phenols is 1. The first-order valence-electron chi connectivity index (χ1n) is 5.94. The van der Waals surface area contributed by atoms with Gasteiger partial charge in [-0.05, 0) is 35.9 Å². The highest BCUT2D eigenvalue weighted by Crippen LogP contribution is 2.27. The molecule has 0 spiro atoms. The number of thiophene rings is 1. The van der Waals surface area contributed by atoms with Crippen molar-refractivity contribution in [2.24, 2.45) is 0 Å². The zero-order valence-electron chi connectivity index (χ0n) is 11.1. The van der Waals surface area contributed by atoms with Gasteiger partial charge in [-0.2, -0.15) is 0 Å². The van der Waals surface area contributed by atoms with E-state index < -0.39 is 5.97 Å². The highest BCUT2D eigenvalue weighted by molar-refractivity contribution is 7.16. The van der Waals surface area contributed by atoms with E-state index >= 15 is 0 Å². The molecule has 1 aromatic carbocycles. The number of benzene rings is 1. The number of allylic oxidation sites excluding steroid dienone is 1. The quantitative estimate of drug-likeness (QED) is 0.655. The van der Waals surface area contributed by atoms with Gasteiger partial charge in [-0.1, -0.05) is 12.1 Å². The molecule has 108 valence electrons. The molecule has 0 fully saturated rings. The lowest BCUT2D eigenvalue weighted by Crippen LogP contribution is -1.91. The van der Waals surface area contributed by atoms with Gasteiger partial charge in [-0.25, -0.2) is 4.79 Å². The van der Waals surface area contributed by atoms with Crippen molar-refractivity contribution in [3.63, 3.8) is 0 Å². The Labute approximate surface area is 124 Å². The first kappa shape index (κ1) is 14.8. The molecule has 1 heterocycles. The number of hydrogen-bond acceptors (Lipinski definition) is 5. The Bertz CT molecular complexity index is 715. The van der Waals surface area contributed by atoms with Gasteiger partial charge in [-0.3, -0.25) is 4.79 Å². The Kier molecular flexibility index (Phi) is 4.39. The van der Waals surface area contributed by atoms with Crippen LogP contribution in [0.3, 0.4) is 0 Å². The number of carbonyl (C=O) groups is 2. The third kappa shape index (κ3) is 3.49. The minimum absolute atomic E-state index is 0.0172. The van der Waals surface area contributed by atoms with Crippen LogP contribution in [0, 0.1) is 0 Å². The van der Waals surface area contributed by atoms with E-state index in [1.54, 1.807) is 18.2 Å². The number of rotatable bonds is 5. The summed E-state index contributed by atoms with van der Waals surface area (Å²) in [6, 6.07) is 7.63. The molecule has 0 saturated heterocycles. The van der Waals surface area contributed by atoms with Crippen molar-refractivity contribution in [1.29, 1.82) is 0 Å². The molecule has 0 radical (unpaired) electrons. The van der Waals surface area contributed by atoms with Gasteiger partial charge in [0.25, 0.3) is 0 Å². The molecular weight excluding hydrogens is 292 g/mol. The Morgan fingerprint density at radius 3 is 2.48 bits per heavy atom. The number of hydrogen-bond donors (Lipinski definition) is 2. The summed E-state index contributed by atoms with van der Waals surface area (Å²) < 4.78 is 4.93. The van der Waals surface area contributed by atoms with Gasteiger partial charge in [0.1, 0.15) is 4.88 Å². The number of aromatic carboxylic acids is 1. The molecule has 0 aliphatic rings. The highest BCUT2D eigenvalue weighted by atomic mass is 32.1. The van der Waals surface area contributed by atoms with Crippen molar-refractivity contribution in [1.82, 2.24) is 0 Å². The summed E-state index contributed by atoms with van der Waals surface area (Å²) in [5.74, 6) is -1.01. The van der Waals surface area contributed by atoms with Crippen molar-refractivity contribution in [2.45, 2.75) is 0 Å². The summed E-state index contributed by atoms with van der Waals surface area (Å²) in [5.41, 5.74) is 0.636. The molecular formula is C15H12O5S. The van der Waals surface area contributed by atoms with Gasteiger partial charge in [0.05, 0.1) is 12.0 Å². The minimum Gasteiger partial charge on any atom is -0.504 e. The van der Waals surface area contributed by atoms with E-state index in [1.807, 2.05) is 0 Å². The second-order valence-corrected chi connectivity index (χ2v) is 5.18. The van der Waals surface area contributed by atoms with E-state index in [0.29, 0.717) is 16.2 Å². The molecule has 21 heavy (non-hydrogen) atoms. The van der Waals surface area contributed by atoms with Crippen molar-refractivity contribution in [2.75, 3.05) is 7.11 Å². The van der Waals surface area contributed by atoms with Crippen LogP contribution in [0.2, 0.25) is 0 Å². The molecule has 2 rings (SSSR count). The lowest BCUT2D eigenvalue weighted by Gasteiger charge is -2.03. The SMILES string of the molecule is COc1ccc(/C=C/C(=O)c2ccc(C(=O)O)s2)cc1O. The van der Waals surface area contributed by atoms with Crippen LogP contribution in [-0.2, 0) is 0 Å². The predicted octanol–water partition coefficient (Wildman–Crippen LogP) is 3.06. The van der Waals surface area contributed by atoms with Gasteiger partial charge in [0.2, 0.25) is 0 Å². The predicted molar refractivity (Wildman–Crippen MR) is 79.3 cm³/mol. The minimum atomic E-state index is -1.05. The van der Waals surface area contributed by atoms with Crippen LogP contribution >= 0.6 is 11.3 Å². The topological polar surface area (TPSA) is 83.8 Å². The molecule has 0 aliphatic carbocycles. The maximum Gasteiger partial charge on any atom is 0.345 e. The van der Waals surface area contributed by atoms with Gasteiger partial charge >= 0.3 is 5.97 Å². The van der Waals surface area contributed by atoms with E-state index in [-0.39, 0.29) is 16.4 Å². The van der Waals surface area contributed by atoms with Crippen LogP contribution in [0.25, 0.3) is 6.08 Å². The number of methoxy groups -OCH3 is 1. The molecule has 5 nitrogen and oxygen atoms in total. The number of ketones is 1. The lowest BCUT2D eigenvalue weighted by atomic mass is 10.1. The van der Waals surface area contributed by atoms with Crippen LogP contribution in [0.4, 0.5) is 0 Å². The van der Waals surface area contributed by atoms with E-state index in [9.17, 15) is 14.7 Å². The first-order valence-corrected chi connectivity index (χ1v) is 6.75. The van der Waals surface area contributed by atoms with E-state index in [4.69, 9.17) is 9.84 Å². The van der Waals surface area contributed by atoms with Crippen molar-refractivity contribution in [3.8, 4) is 11.5 Å². The third-order valence-corrected chi connectivity index (χ3v) is 3.78. The Balaban J connectivity index is 2.14. The summed E-state index contributed by atoms with van der Waals surface area (Å²) in [4.78, 5) is 23.1. The summed E-state index contributed by atoms with van der Waals surface area (Å²) in [5, 5.41) is 18.4. The number of ether oxygens (including phenoxy) is 1. The number of phenolic OH excluding ortho intramolecular Hbond substituents is 1. The molecule has 2 aromatic rings. The molecule has 0 atom stereocenters. The van der Waals surface area contributed by atoms with Gasteiger partial charge in [-0.15, -0.1) is 11.3 Å². The summed E-state index contributed by atoms with van der Waals surface area (Å²) >= 11 is 0.924. The molecule has 2 N–H and O–H groups in total. The number of carboxylic acids is 1. The van der Waals surface area contributed by atoms with Crippen LogP contribution in [0.15, 0.2) is 36.4 Å². The molecule has 6 heteroatoms. The third-order valence-electron chi connectivity index (χ3n) is 2.69. The summed E-state index contributed by atoms with van der Waals surface area (Å²) in [6.07, 6.45) is 2.88. The zero-order valence-corrected chi connectivity index (χ0v) is 11.9. The van der Waals surface area contributed by atoms with E-state index in [2.05, 4.69) is 0 Å². The fraction of sp³-hybridized carbons (Fsp3) is 0.0667. The maximum atomic E-state index is 11.9. The van der Waals surface area contributed by atoms with Crippen LogP contribution in [-0.4, -0.2) is 29.1 Å². The molecule has 1 aromatic heterocycles. The van der Waals surface area contributed by atoms with Crippen LogP contribution in [0.1, 0.15) is 24.9 Å². The van der Waals surface area contributed by atoms with Crippen LogP contribution in [0.5, 0.6) is 11.5 Å². The second-order valence-electron chi connectivity index (χ2n) is 4.10. The second kappa shape index (κ2) is 6.23. The largest absolute Gasteiger partial charge is 0.504 e. The molecule has 0 saturated carbocycles. The Morgan fingerprint density at radius 1 is 1.19 bits per heavy atom. The Morgan fingerprint density at radius 2 is 1.90 bits per heavy atom. The van der Waals surface area contributed by atoms with Gasteiger partial charge in [0, 0.05) is 0 Å². The molecule has 0 amide bonds. The maximum absolute atomic E-state index is 11.9. The fourth-order valence-corrected chi connectivity index (χ4v) is 2.42. The smallest absolute Gasteiger partial charge is 0.345 e. The Hall–Kier alpha value is -2.60. The highest BCUT2D eigenvalue weighted by Gasteiger charge is 2.10. The normalized spacial score (nSPS) is 10.7. The molecule has 0 unspecified atom stereocenters. The summed E-state index contributed by atoms with van der Waals surface area (Å²) in [7, 11) is 1.45. The first-order chi connectivity index (χ1) is 10.0. The lowest BCUT2D eigenvalue weighted by molar-refractivity contribution is 0.0702. The monoisotopic (exact) mass is 304 g/mol. The average Bonchev–Trinajstić information content (AvgIpc) is 2.95. The number of carboxylic acid groups (broad SMARTS) is 1. The van der Waals surface area contributed by atoms with E-state index in [1.165, 1.54) is 31.4 Å². The van der Waals surface area contributed by atoms with Crippen molar-refractivity contribution >= 4 is 29.2 Å². The van der Waals surface area contributed by atoms with Crippen molar-refractivity contribution in [3.05, 3.63) is 51.7 Å². The van der Waals surface area contributed by atoms with Crippen molar-refractivity contribution < 1.29 is 24.5 Å². The van der Waals surface area contributed by atoms with E-state index in [0.717, 1.165) is 11.3 Å². The van der Waals surface area contributed by atoms with Gasteiger partial charge in [0.15, 0.2) is 17.3 Å². The fourth-order valence-electron chi connectivity index (χ4n) is 1.65. The van der Waals surface area contributed by atoms with Crippen LogP contribution < -0.4 is 4.74 Å². The number of aromatic hydroxyl groups is 1. The molecule has 0 bridgehead atoms.